The van der Waals surface area contributed by atoms with E-state index in [1.165, 1.54) is 41.7 Å². The van der Waals surface area contributed by atoms with Gasteiger partial charge in [-0.3, -0.25) is 9.69 Å². The van der Waals surface area contributed by atoms with Crippen LogP contribution in [-0.2, 0) is 11.3 Å². The summed E-state index contributed by atoms with van der Waals surface area (Å²) in [6, 6.07) is 8.13. The molecule has 4 rings (SSSR count). The highest BCUT2D eigenvalue weighted by Gasteiger charge is 2.42. The monoisotopic (exact) mass is 422 g/mol. The number of nitrogens with zero attached hydrogens (tertiary/aromatic N) is 1. The van der Waals surface area contributed by atoms with Gasteiger partial charge in [0, 0.05) is 30.4 Å². The van der Waals surface area contributed by atoms with Crippen LogP contribution in [0.3, 0.4) is 0 Å². The highest BCUT2D eigenvalue weighted by Crippen LogP contribution is 2.39. The summed E-state index contributed by atoms with van der Waals surface area (Å²) in [6.45, 7) is 9.63. The fraction of sp³-hybridized carbons (Fsp3) is 0.593. The molecule has 2 atom stereocenters. The number of carboxylic acid groups (broad SMARTS) is 1. The maximum absolute atomic E-state index is 11.4. The predicted octanol–water partition coefficient (Wildman–Crippen LogP) is 3.78. The van der Waals surface area contributed by atoms with Gasteiger partial charge >= 0.3 is 5.97 Å². The van der Waals surface area contributed by atoms with Crippen LogP contribution in [0.15, 0.2) is 30.5 Å². The van der Waals surface area contributed by atoms with E-state index in [9.17, 15) is 9.90 Å². The molecule has 2 aliphatic heterocycles. The maximum Gasteiger partial charge on any atom is 0.306 e. The summed E-state index contributed by atoms with van der Waals surface area (Å²) >= 11 is 0. The van der Waals surface area contributed by atoms with Gasteiger partial charge in [-0.25, -0.2) is 0 Å². The Labute approximate surface area is 186 Å². The molecule has 1 aromatic rings. The molecule has 31 heavy (non-hydrogen) atoms. The summed E-state index contributed by atoms with van der Waals surface area (Å²) in [5, 5.41) is 15.5. The molecule has 2 saturated heterocycles. The van der Waals surface area contributed by atoms with Crippen LogP contribution in [0.2, 0.25) is 0 Å². The van der Waals surface area contributed by atoms with Crippen molar-refractivity contribution in [3.8, 4) is 0 Å². The van der Waals surface area contributed by atoms with Gasteiger partial charge < -0.3 is 10.4 Å². The lowest BCUT2D eigenvalue weighted by Crippen LogP contribution is -2.44. The number of hydrogen-bond acceptors (Lipinski definition) is 3. The summed E-state index contributed by atoms with van der Waals surface area (Å²) in [5.41, 5.74) is 2.32. The van der Waals surface area contributed by atoms with Gasteiger partial charge in [0.05, 0.1) is 5.92 Å². The fourth-order valence-electron chi connectivity index (χ4n) is 5.94. The first-order valence-corrected chi connectivity index (χ1v) is 12.1. The predicted molar refractivity (Wildman–Crippen MR) is 127 cm³/mol. The summed E-state index contributed by atoms with van der Waals surface area (Å²) in [7, 11) is 0. The minimum atomic E-state index is -0.615. The van der Waals surface area contributed by atoms with Crippen molar-refractivity contribution < 1.29 is 9.90 Å². The zero-order valence-corrected chi connectivity index (χ0v) is 19.1. The van der Waals surface area contributed by atoms with Gasteiger partial charge in [-0.05, 0) is 86.3 Å². The van der Waals surface area contributed by atoms with Crippen molar-refractivity contribution in [1.82, 2.24) is 10.2 Å². The van der Waals surface area contributed by atoms with Crippen LogP contribution in [0.1, 0.15) is 70.8 Å². The van der Waals surface area contributed by atoms with Gasteiger partial charge in [-0.2, -0.15) is 0 Å². The summed E-state index contributed by atoms with van der Waals surface area (Å²) in [6.07, 6.45) is 13.3. The molecule has 4 nitrogen and oxygen atoms in total. The van der Waals surface area contributed by atoms with E-state index in [4.69, 9.17) is 0 Å². The number of benzene rings is 1. The lowest BCUT2D eigenvalue weighted by Gasteiger charge is -2.37. The second kappa shape index (κ2) is 9.60. The molecule has 2 bridgehead atoms. The molecule has 1 aliphatic carbocycles. The normalized spacial score (nSPS) is 32.3. The van der Waals surface area contributed by atoms with E-state index in [0.29, 0.717) is 18.1 Å². The van der Waals surface area contributed by atoms with Crippen molar-refractivity contribution >= 4 is 18.1 Å². The molecule has 0 spiro atoms. The largest absolute Gasteiger partial charge is 0.481 e. The zero-order chi connectivity index (χ0) is 22.0. The SMILES string of the molecule is C=C(/C=c1/ccc(CN2C3CCC2CC(C(=O)O)C3)c/c1=C/C)NC1CCC(C)CC1. The molecule has 0 aromatic heterocycles. The number of nitrogens with one attached hydrogen (secondary N) is 1. The van der Waals surface area contributed by atoms with Gasteiger partial charge in [0.2, 0.25) is 0 Å². The van der Waals surface area contributed by atoms with Crippen LogP contribution < -0.4 is 15.8 Å². The smallest absolute Gasteiger partial charge is 0.306 e. The van der Waals surface area contributed by atoms with E-state index in [1.807, 2.05) is 0 Å². The first-order valence-electron chi connectivity index (χ1n) is 12.1. The van der Waals surface area contributed by atoms with E-state index in [1.54, 1.807) is 0 Å². The summed E-state index contributed by atoms with van der Waals surface area (Å²) in [4.78, 5) is 14.0. The lowest BCUT2D eigenvalue weighted by atomic mass is 9.87. The first kappa shape index (κ1) is 22.1. The topological polar surface area (TPSA) is 52.6 Å². The Morgan fingerprint density at radius 2 is 1.81 bits per heavy atom. The minimum absolute atomic E-state index is 0.156. The second-order valence-corrected chi connectivity index (χ2v) is 10.1. The molecular weight excluding hydrogens is 384 g/mol. The number of carboxylic acids is 1. The van der Waals surface area contributed by atoms with Gasteiger partial charge in [0.15, 0.2) is 0 Å². The number of aliphatic carboxylic acids is 1. The molecule has 168 valence electrons. The Morgan fingerprint density at radius 1 is 1.13 bits per heavy atom. The van der Waals surface area contributed by atoms with Crippen molar-refractivity contribution in [2.24, 2.45) is 11.8 Å². The van der Waals surface area contributed by atoms with Gasteiger partial charge in [-0.15, -0.1) is 0 Å². The van der Waals surface area contributed by atoms with Gasteiger partial charge in [-0.1, -0.05) is 37.8 Å². The molecule has 0 amide bonds. The Kier molecular flexibility index (Phi) is 6.86. The number of hydrogen-bond donors (Lipinski definition) is 2. The molecule has 3 fully saturated rings. The number of carbonyl (C=O) groups is 1. The highest BCUT2D eigenvalue weighted by molar-refractivity contribution is 5.70. The third-order valence-electron chi connectivity index (χ3n) is 7.80. The summed E-state index contributed by atoms with van der Waals surface area (Å²) < 4.78 is 0. The Morgan fingerprint density at radius 3 is 2.42 bits per heavy atom. The number of fused-ring (bicyclic) bond motifs is 2. The molecule has 2 unspecified atom stereocenters. The second-order valence-electron chi connectivity index (χ2n) is 10.1. The van der Waals surface area contributed by atoms with E-state index >= 15 is 0 Å². The zero-order valence-electron chi connectivity index (χ0n) is 19.1. The van der Waals surface area contributed by atoms with Gasteiger partial charge in [0.25, 0.3) is 0 Å². The number of allylic oxidation sites excluding steroid dienone is 1. The van der Waals surface area contributed by atoms with Crippen LogP contribution in [0.25, 0.3) is 12.2 Å². The van der Waals surface area contributed by atoms with Crippen LogP contribution in [0.4, 0.5) is 0 Å². The van der Waals surface area contributed by atoms with E-state index in [0.717, 1.165) is 43.8 Å². The third-order valence-corrected chi connectivity index (χ3v) is 7.80. The molecule has 2 heterocycles. The van der Waals surface area contributed by atoms with Gasteiger partial charge in [0.1, 0.15) is 0 Å². The molecule has 1 saturated carbocycles. The van der Waals surface area contributed by atoms with E-state index < -0.39 is 5.97 Å². The Hall–Kier alpha value is -2.07. The maximum atomic E-state index is 11.4. The van der Waals surface area contributed by atoms with Crippen LogP contribution >= 0.6 is 0 Å². The molecule has 2 N–H and O–H groups in total. The minimum Gasteiger partial charge on any atom is -0.481 e. The molecule has 3 aliphatic rings. The van der Waals surface area contributed by atoms with Crippen molar-refractivity contribution in [3.63, 3.8) is 0 Å². The van der Waals surface area contributed by atoms with Crippen molar-refractivity contribution in [2.45, 2.75) is 89.9 Å². The van der Waals surface area contributed by atoms with Crippen molar-refractivity contribution in [2.75, 3.05) is 0 Å². The lowest BCUT2D eigenvalue weighted by molar-refractivity contribution is -0.144. The Balaban J connectivity index is 1.43. The molecule has 0 radical (unpaired) electrons. The van der Waals surface area contributed by atoms with Crippen LogP contribution in [0.5, 0.6) is 0 Å². The van der Waals surface area contributed by atoms with Crippen molar-refractivity contribution in [3.05, 3.63) is 46.5 Å². The summed E-state index contributed by atoms with van der Waals surface area (Å²) in [5.74, 6) is 0.0846. The molecule has 4 heteroatoms. The first-order chi connectivity index (χ1) is 14.9. The quantitative estimate of drug-likeness (QED) is 0.733. The van der Waals surface area contributed by atoms with E-state index in [2.05, 4.69) is 61.0 Å². The Bertz CT molecular complexity index is 915. The van der Waals surface area contributed by atoms with Crippen LogP contribution in [-0.4, -0.2) is 34.1 Å². The standard InChI is InChI=1S/C27H38N2O2/c1-4-21-14-20(17-29-25-11-12-26(29)16-23(15-25)27(30)31)7-8-22(21)13-19(3)28-24-9-5-18(2)6-10-24/h4,7-8,13-14,18,23-26,28H,3,5-6,9-12,15-17H2,1-2H3,(H,30,31)/b21-4-,22-13-. The highest BCUT2D eigenvalue weighted by atomic mass is 16.4. The molecular formula is C27H38N2O2. The van der Waals surface area contributed by atoms with Crippen LogP contribution in [0, 0.1) is 11.8 Å². The average Bonchev–Trinajstić information content (AvgIpc) is 2.97. The third kappa shape index (κ3) is 5.23. The number of rotatable bonds is 6. The van der Waals surface area contributed by atoms with Crippen molar-refractivity contribution in [1.29, 1.82) is 0 Å². The molecule has 1 aromatic carbocycles. The van der Waals surface area contributed by atoms with E-state index in [-0.39, 0.29) is 5.92 Å². The number of piperidine rings is 1. The fourth-order valence-corrected chi connectivity index (χ4v) is 5.94. The average molecular weight is 423 g/mol.